The molecule has 2 aromatic rings. The summed E-state index contributed by atoms with van der Waals surface area (Å²) in [6.45, 7) is 0. The number of hydrazone groups is 1. The van der Waals surface area contributed by atoms with E-state index in [-0.39, 0.29) is 11.3 Å². The summed E-state index contributed by atoms with van der Waals surface area (Å²) < 4.78 is 13.8. The third-order valence-electron chi connectivity index (χ3n) is 2.55. The zero-order valence-electron chi connectivity index (χ0n) is 10.5. The average molecular weight is 372 g/mol. The summed E-state index contributed by atoms with van der Waals surface area (Å²) in [4.78, 5) is 11.7. The Morgan fingerprint density at radius 1 is 1.38 bits per heavy atom. The lowest BCUT2D eigenvalue weighted by atomic mass is 10.2. The van der Waals surface area contributed by atoms with Crippen LogP contribution in [0.4, 0.5) is 4.39 Å². The van der Waals surface area contributed by atoms with Crippen LogP contribution in [0.2, 0.25) is 5.02 Å². The molecule has 7 heteroatoms. The van der Waals surface area contributed by atoms with Crippen molar-refractivity contribution in [2.24, 2.45) is 5.10 Å². The molecule has 0 saturated heterocycles. The number of nitrogens with zero attached hydrogens (tertiary/aromatic N) is 1. The second-order valence-corrected chi connectivity index (χ2v) is 5.30. The van der Waals surface area contributed by atoms with Gasteiger partial charge in [-0.05, 0) is 40.2 Å². The molecule has 2 N–H and O–H groups in total. The highest BCUT2D eigenvalue weighted by molar-refractivity contribution is 9.10. The Morgan fingerprint density at radius 2 is 2.10 bits per heavy atom. The van der Waals surface area contributed by atoms with E-state index in [2.05, 4.69) is 26.5 Å². The van der Waals surface area contributed by atoms with Crippen LogP contribution >= 0.6 is 27.5 Å². The van der Waals surface area contributed by atoms with Gasteiger partial charge in [-0.25, -0.2) is 9.82 Å². The lowest BCUT2D eigenvalue weighted by Gasteiger charge is -2.03. The van der Waals surface area contributed by atoms with Gasteiger partial charge in [0.05, 0.1) is 16.3 Å². The van der Waals surface area contributed by atoms with E-state index in [0.717, 1.165) is 0 Å². The molecule has 4 nitrogen and oxygen atoms in total. The highest BCUT2D eigenvalue weighted by Crippen LogP contribution is 2.30. The summed E-state index contributed by atoms with van der Waals surface area (Å²) in [7, 11) is 0. The van der Waals surface area contributed by atoms with Crippen LogP contribution in [0.1, 0.15) is 15.9 Å². The quantitative estimate of drug-likeness (QED) is 0.638. The van der Waals surface area contributed by atoms with Crippen LogP contribution in [0.5, 0.6) is 5.75 Å². The Bertz CT molecular complexity index is 722. The molecular formula is C14H9BrClFN2O2. The van der Waals surface area contributed by atoms with Gasteiger partial charge < -0.3 is 5.11 Å². The Kier molecular flexibility index (Phi) is 4.93. The molecule has 0 saturated carbocycles. The number of amides is 1. The van der Waals surface area contributed by atoms with E-state index >= 15 is 0 Å². The van der Waals surface area contributed by atoms with Gasteiger partial charge in [0.15, 0.2) is 0 Å². The first-order chi connectivity index (χ1) is 9.99. The van der Waals surface area contributed by atoms with Crippen LogP contribution in [-0.4, -0.2) is 17.2 Å². The van der Waals surface area contributed by atoms with Crippen LogP contribution in [0.15, 0.2) is 46.0 Å². The molecule has 2 rings (SSSR count). The molecule has 1 amide bonds. The van der Waals surface area contributed by atoms with Crippen LogP contribution in [-0.2, 0) is 0 Å². The minimum Gasteiger partial charge on any atom is -0.506 e. The van der Waals surface area contributed by atoms with Gasteiger partial charge in [0.1, 0.15) is 11.6 Å². The van der Waals surface area contributed by atoms with E-state index in [1.807, 2.05) is 0 Å². The van der Waals surface area contributed by atoms with Gasteiger partial charge >= 0.3 is 0 Å². The number of hydrogen-bond acceptors (Lipinski definition) is 3. The summed E-state index contributed by atoms with van der Waals surface area (Å²) >= 11 is 8.97. The first-order valence-corrected chi connectivity index (χ1v) is 6.92. The lowest BCUT2D eigenvalue weighted by molar-refractivity contribution is 0.0951. The number of aromatic hydroxyl groups is 1. The Labute approximate surface area is 133 Å². The van der Waals surface area contributed by atoms with Crippen molar-refractivity contribution in [3.05, 3.63) is 62.8 Å². The maximum atomic E-state index is 13.4. The van der Waals surface area contributed by atoms with E-state index in [0.29, 0.717) is 15.1 Å². The zero-order chi connectivity index (χ0) is 15.4. The number of phenolic OH excluding ortho intramolecular Hbond substituents is 1. The highest BCUT2D eigenvalue weighted by Gasteiger charge is 2.10. The van der Waals surface area contributed by atoms with Crippen LogP contribution in [0.25, 0.3) is 0 Å². The molecule has 0 spiro atoms. The third kappa shape index (κ3) is 3.80. The largest absolute Gasteiger partial charge is 0.506 e. The molecule has 21 heavy (non-hydrogen) atoms. The summed E-state index contributed by atoms with van der Waals surface area (Å²) in [6, 6.07) is 8.54. The molecule has 0 fully saturated rings. The van der Waals surface area contributed by atoms with E-state index in [4.69, 9.17) is 11.6 Å². The first kappa shape index (κ1) is 15.5. The second-order valence-electron chi connectivity index (χ2n) is 4.00. The maximum Gasteiger partial charge on any atom is 0.274 e. The third-order valence-corrected chi connectivity index (χ3v) is 3.37. The number of rotatable bonds is 3. The lowest BCUT2D eigenvalue weighted by Crippen LogP contribution is -2.18. The van der Waals surface area contributed by atoms with Crippen molar-refractivity contribution >= 4 is 39.7 Å². The number of nitrogens with one attached hydrogen (secondary N) is 1. The minimum atomic E-state index is -0.690. The monoisotopic (exact) mass is 370 g/mol. The molecule has 108 valence electrons. The van der Waals surface area contributed by atoms with Gasteiger partial charge in [-0.1, -0.05) is 23.7 Å². The molecule has 0 aromatic heterocycles. The van der Waals surface area contributed by atoms with Crippen molar-refractivity contribution < 1.29 is 14.3 Å². The predicted octanol–water partition coefficient (Wildman–Crippen LogP) is 3.71. The Hall–Kier alpha value is -1.92. The molecule has 0 heterocycles. The number of halogens is 3. The van der Waals surface area contributed by atoms with Gasteiger partial charge in [0, 0.05) is 10.6 Å². The SMILES string of the molecule is O=C(N/N=C/c1cc(Cl)cc(Br)c1O)c1ccccc1F. The number of benzene rings is 2. The average Bonchev–Trinajstić information content (AvgIpc) is 2.44. The van der Waals surface area contributed by atoms with Gasteiger partial charge in [-0.3, -0.25) is 4.79 Å². The van der Waals surface area contributed by atoms with Gasteiger partial charge in [0.25, 0.3) is 5.91 Å². The topological polar surface area (TPSA) is 61.7 Å². The molecule has 0 atom stereocenters. The number of carbonyl (C=O) groups is 1. The normalized spacial score (nSPS) is 10.8. The van der Waals surface area contributed by atoms with Crippen molar-refractivity contribution in [3.8, 4) is 5.75 Å². The van der Waals surface area contributed by atoms with Crippen LogP contribution < -0.4 is 5.43 Å². The standard InChI is InChI=1S/C14H9BrClFN2O2/c15-11-6-9(16)5-8(13(11)20)7-18-19-14(21)10-3-1-2-4-12(10)17/h1-7,20H,(H,19,21)/b18-7+. The molecule has 0 aliphatic carbocycles. The predicted molar refractivity (Wildman–Crippen MR) is 82.3 cm³/mol. The Morgan fingerprint density at radius 3 is 2.81 bits per heavy atom. The van der Waals surface area contributed by atoms with E-state index in [1.54, 1.807) is 6.07 Å². The van der Waals surface area contributed by atoms with Gasteiger partial charge in [-0.15, -0.1) is 0 Å². The van der Waals surface area contributed by atoms with Crippen molar-refractivity contribution in [1.29, 1.82) is 0 Å². The number of carbonyl (C=O) groups excluding carboxylic acids is 1. The summed E-state index contributed by atoms with van der Waals surface area (Å²) in [5.74, 6) is -1.40. The molecule has 0 aliphatic heterocycles. The van der Waals surface area contributed by atoms with Crippen molar-refractivity contribution in [1.82, 2.24) is 5.43 Å². The van der Waals surface area contributed by atoms with Crippen molar-refractivity contribution in [2.45, 2.75) is 0 Å². The van der Waals surface area contributed by atoms with E-state index in [9.17, 15) is 14.3 Å². The molecule has 0 bridgehead atoms. The summed E-state index contributed by atoms with van der Waals surface area (Å²) in [5.41, 5.74) is 2.36. The van der Waals surface area contributed by atoms with E-state index in [1.165, 1.54) is 36.5 Å². The molecule has 0 aliphatic rings. The number of hydrogen-bond donors (Lipinski definition) is 2. The fraction of sp³-hybridized carbons (Fsp3) is 0. The molecule has 0 unspecified atom stereocenters. The summed E-state index contributed by atoms with van der Waals surface area (Å²) in [6.07, 6.45) is 1.21. The van der Waals surface area contributed by atoms with Crippen molar-refractivity contribution in [3.63, 3.8) is 0 Å². The van der Waals surface area contributed by atoms with Gasteiger partial charge in [-0.2, -0.15) is 5.10 Å². The number of phenols is 1. The minimum absolute atomic E-state index is 0.0664. The molecule has 0 radical (unpaired) electrons. The van der Waals surface area contributed by atoms with Crippen LogP contribution in [0.3, 0.4) is 0 Å². The van der Waals surface area contributed by atoms with Crippen molar-refractivity contribution in [2.75, 3.05) is 0 Å². The summed E-state index contributed by atoms with van der Waals surface area (Å²) in [5, 5.41) is 13.8. The molecular weight excluding hydrogens is 363 g/mol. The van der Waals surface area contributed by atoms with Crippen LogP contribution in [0, 0.1) is 5.82 Å². The van der Waals surface area contributed by atoms with E-state index < -0.39 is 11.7 Å². The Balaban J connectivity index is 2.13. The highest BCUT2D eigenvalue weighted by atomic mass is 79.9. The second kappa shape index (κ2) is 6.69. The van der Waals surface area contributed by atoms with Gasteiger partial charge in [0.2, 0.25) is 0 Å². The fourth-order valence-electron chi connectivity index (χ4n) is 1.55. The molecule has 2 aromatic carbocycles. The smallest absolute Gasteiger partial charge is 0.274 e. The first-order valence-electron chi connectivity index (χ1n) is 5.75. The zero-order valence-corrected chi connectivity index (χ0v) is 12.8. The fourth-order valence-corrected chi connectivity index (χ4v) is 2.38. The maximum absolute atomic E-state index is 13.4.